The number of aryl methyl sites for hydroxylation is 1. The number of nitrogens with zero attached hydrogens (tertiary/aromatic N) is 3. The van der Waals surface area contributed by atoms with E-state index in [9.17, 15) is 0 Å². The van der Waals surface area contributed by atoms with E-state index in [2.05, 4.69) is 22.0 Å². The van der Waals surface area contributed by atoms with Gasteiger partial charge in [0.15, 0.2) is 0 Å². The van der Waals surface area contributed by atoms with E-state index >= 15 is 0 Å². The maximum absolute atomic E-state index is 9.09. The Balaban J connectivity index is 2.22. The molecule has 90 valence electrons. The van der Waals surface area contributed by atoms with Gasteiger partial charge in [-0.2, -0.15) is 5.26 Å². The Labute approximate surface area is 107 Å². The van der Waals surface area contributed by atoms with Gasteiger partial charge in [0.25, 0.3) is 0 Å². The van der Waals surface area contributed by atoms with Crippen molar-refractivity contribution in [2.45, 2.75) is 13.5 Å². The molecule has 1 aromatic heterocycles. The third kappa shape index (κ3) is 2.67. The van der Waals surface area contributed by atoms with E-state index in [1.165, 1.54) is 0 Å². The van der Waals surface area contributed by atoms with Crippen molar-refractivity contribution in [3.8, 4) is 6.07 Å². The molecule has 1 heterocycles. The Kier molecular flexibility index (Phi) is 3.59. The van der Waals surface area contributed by atoms with Crippen LogP contribution >= 0.6 is 0 Å². The lowest BCUT2D eigenvalue weighted by Gasteiger charge is -2.20. The first-order valence-electron chi connectivity index (χ1n) is 5.81. The summed E-state index contributed by atoms with van der Waals surface area (Å²) >= 11 is 0. The van der Waals surface area contributed by atoms with Crippen LogP contribution in [0.1, 0.15) is 16.7 Å². The fourth-order valence-electron chi connectivity index (χ4n) is 1.96. The highest BCUT2D eigenvalue weighted by molar-refractivity contribution is 5.58. The number of nitriles is 1. The molecular formula is C15H15N3. The molecule has 0 aliphatic carbocycles. The Morgan fingerprint density at radius 1 is 1.28 bits per heavy atom. The summed E-state index contributed by atoms with van der Waals surface area (Å²) in [7, 11) is 1.98. The Bertz CT molecular complexity index is 584. The zero-order valence-electron chi connectivity index (χ0n) is 10.6. The molecule has 0 aliphatic heterocycles. The third-order valence-corrected chi connectivity index (χ3v) is 2.79. The van der Waals surface area contributed by atoms with Crippen LogP contribution in [0.3, 0.4) is 0 Å². The van der Waals surface area contributed by atoms with E-state index in [0.29, 0.717) is 5.56 Å². The molecule has 0 radical (unpaired) electrons. The Hall–Kier alpha value is -2.34. The number of hydrogen-bond acceptors (Lipinski definition) is 3. The molecule has 1 aromatic carbocycles. The topological polar surface area (TPSA) is 39.9 Å². The minimum absolute atomic E-state index is 0.695. The highest BCUT2D eigenvalue weighted by atomic mass is 15.1. The summed E-state index contributed by atoms with van der Waals surface area (Å²) in [4.78, 5) is 6.25. The van der Waals surface area contributed by atoms with Crippen LogP contribution in [-0.2, 0) is 6.54 Å². The summed E-state index contributed by atoms with van der Waals surface area (Å²) in [6.07, 6.45) is 3.70. The summed E-state index contributed by atoms with van der Waals surface area (Å²) in [6.45, 7) is 2.77. The second-order valence-corrected chi connectivity index (χ2v) is 4.36. The molecule has 0 atom stereocenters. The molecule has 18 heavy (non-hydrogen) atoms. The molecule has 3 heteroatoms. The SMILES string of the molecule is Cc1cncc(CN(C)c2ccccc2C#N)c1. The van der Waals surface area contributed by atoms with Crippen molar-refractivity contribution in [2.75, 3.05) is 11.9 Å². The van der Waals surface area contributed by atoms with E-state index in [1.54, 1.807) is 0 Å². The maximum Gasteiger partial charge on any atom is 0.101 e. The van der Waals surface area contributed by atoms with Crippen LogP contribution in [0.15, 0.2) is 42.7 Å². The van der Waals surface area contributed by atoms with Gasteiger partial charge in [-0.15, -0.1) is 0 Å². The second-order valence-electron chi connectivity index (χ2n) is 4.36. The molecule has 0 unspecified atom stereocenters. The van der Waals surface area contributed by atoms with Crippen molar-refractivity contribution in [3.05, 3.63) is 59.4 Å². The van der Waals surface area contributed by atoms with Gasteiger partial charge in [0.1, 0.15) is 6.07 Å². The van der Waals surface area contributed by atoms with E-state index in [-0.39, 0.29) is 0 Å². The standard InChI is InChI=1S/C15H15N3/c1-12-7-13(10-17-9-12)11-18(2)15-6-4-3-5-14(15)8-16/h3-7,9-10H,11H2,1-2H3. The average molecular weight is 237 g/mol. The van der Waals surface area contributed by atoms with Gasteiger partial charge >= 0.3 is 0 Å². The number of para-hydroxylation sites is 1. The van der Waals surface area contributed by atoms with Crippen LogP contribution in [-0.4, -0.2) is 12.0 Å². The van der Waals surface area contributed by atoms with Gasteiger partial charge in [0, 0.05) is 26.0 Å². The maximum atomic E-state index is 9.09. The van der Waals surface area contributed by atoms with Crippen molar-refractivity contribution in [1.29, 1.82) is 5.26 Å². The Morgan fingerprint density at radius 2 is 2.06 bits per heavy atom. The van der Waals surface area contributed by atoms with E-state index < -0.39 is 0 Å². The predicted molar refractivity (Wildman–Crippen MR) is 72.2 cm³/mol. The van der Waals surface area contributed by atoms with Gasteiger partial charge in [-0.05, 0) is 30.2 Å². The zero-order valence-corrected chi connectivity index (χ0v) is 10.6. The van der Waals surface area contributed by atoms with Crippen LogP contribution < -0.4 is 4.90 Å². The first-order chi connectivity index (χ1) is 8.70. The highest BCUT2D eigenvalue weighted by Gasteiger charge is 2.07. The molecule has 2 rings (SSSR count). The first-order valence-corrected chi connectivity index (χ1v) is 5.81. The molecule has 0 N–H and O–H groups in total. The third-order valence-electron chi connectivity index (χ3n) is 2.79. The van der Waals surface area contributed by atoms with Crippen molar-refractivity contribution in [1.82, 2.24) is 4.98 Å². The number of benzene rings is 1. The lowest BCUT2D eigenvalue weighted by molar-refractivity contribution is 0.910. The van der Waals surface area contributed by atoms with E-state index in [1.807, 2.05) is 50.6 Å². The molecule has 3 nitrogen and oxygen atoms in total. The lowest BCUT2D eigenvalue weighted by atomic mass is 10.1. The molecule has 2 aromatic rings. The molecule has 0 aliphatic rings. The average Bonchev–Trinajstić information content (AvgIpc) is 2.38. The second kappa shape index (κ2) is 5.33. The molecule has 0 fully saturated rings. The normalized spacial score (nSPS) is 9.83. The van der Waals surface area contributed by atoms with E-state index in [4.69, 9.17) is 5.26 Å². The van der Waals surface area contributed by atoms with Gasteiger partial charge in [-0.25, -0.2) is 0 Å². The monoisotopic (exact) mass is 237 g/mol. The summed E-state index contributed by atoms with van der Waals surface area (Å²) in [5.41, 5.74) is 3.93. The fraction of sp³-hybridized carbons (Fsp3) is 0.200. The molecule has 0 saturated carbocycles. The van der Waals surface area contributed by atoms with Gasteiger partial charge in [0.2, 0.25) is 0 Å². The molecule has 0 amide bonds. The quantitative estimate of drug-likeness (QED) is 0.824. The number of pyridine rings is 1. The van der Waals surface area contributed by atoms with Crippen LogP contribution in [0.2, 0.25) is 0 Å². The predicted octanol–water partition coefficient (Wildman–Crippen LogP) is 2.90. The van der Waals surface area contributed by atoms with Crippen LogP contribution in [0.4, 0.5) is 5.69 Å². The minimum atomic E-state index is 0.695. The first kappa shape index (κ1) is 12.1. The number of anilines is 1. The van der Waals surface area contributed by atoms with Crippen molar-refractivity contribution >= 4 is 5.69 Å². The number of rotatable bonds is 3. The highest BCUT2D eigenvalue weighted by Crippen LogP contribution is 2.20. The summed E-state index contributed by atoms with van der Waals surface area (Å²) in [5.74, 6) is 0. The lowest BCUT2D eigenvalue weighted by Crippen LogP contribution is -2.17. The van der Waals surface area contributed by atoms with Gasteiger partial charge in [-0.3, -0.25) is 4.98 Å². The summed E-state index contributed by atoms with van der Waals surface area (Å²) in [6, 6.07) is 11.9. The summed E-state index contributed by atoms with van der Waals surface area (Å²) in [5, 5.41) is 9.09. The van der Waals surface area contributed by atoms with Crippen LogP contribution in [0, 0.1) is 18.3 Å². The largest absolute Gasteiger partial charge is 0.369 e. The number of aromatic nitrogens is 1. The van der Waals surface area contributed by atoms with Gasteiger partial charge < -0.3 is 4.90 Å². The zero-order chi connectivity index (χ0) is 13.0. The Morgan fingerprint density at radius 3 is 2.78 bits per heavy atom. The molecule has 0 spiro atoms. The van der Waals surface area contributed by atoms with Crippen LogP contribution in [0.5, 0.6) is 0 Å². The summed E-state index contributed by atoms with van der Waals surface area (Å²) < 4.78 is 0. The molecule has 0 bridgehead atoms. The number of hydrogen-bond donors (Lipinski definition) is 0. The van der Waals surface area contributed by atoms with Crippen molar-refractivity contribution in [3.63, 3.8) is 0 Å². The van der Waals surface area contributed by atoms with Crippen molar-refractivity contribution < 1.29 is 0 Å². The smallest absolute Gasteiger partial charge is 0.101 e. The fourth-order valence-corrected chi connectivity index (χ4v) is 1.96. The van der Waals surface area contributed by atoms with Crippen molar-refractivity contribution in [2.24, 2.45) is 0 Å². The minimum Gasteiger partial charge on any atom is -0.369 e. The molecular weight excluding hydrogens is 222 g/mol. The van der Waals surface area contributed by atoms with E-state index in [0.717, 1.165) is 23.4 Å². The molecule has 0 saturated heterocycles. The van der Waals surface area contributed by atoms with Gasteiger partial charge in [-0.1, -0.05) is 18.2 Å². The van der Waals surface area contributed by atoms with Gasteiger partial charge in [0.05, 0.1) is 11.3 Å². The van der Waals surface area contributed by atoms with Crippen LogP contribution in [0.25, 0.3) is 0 Å².